The average molecular weight is 240 g/mol. The number of thioether (sulfide) groups is 1. The Morgan fingerprint density at radius 2 is 1.80 bits per heavy atom. The van der Waals surface area contributed by atoms with Gasteiger partial charge in [0.15, 0.2) is 0 Å². The Morgan fingerprint density at radius 3 is 2.27 bits per heavy atom. The Bertz CT molecular complexity index is 355. The van der Waals surface area contributed by atoms with Crippen LogP contribution in [0.3, 0.4) is 0 Å². The van der Waals surface area contributed by atoms with Crippen LogP contribution in [-0.2, 0) is 0 Å². The molecule has 0 radical (unpaired) electrons. The highest BCUT2D eigenvalue weighted by atomic mass is 32.2. The summed E-state index contributed by atoms with van der Waals surface area (Å²) >= 11 is -0.590. The molecule has 0 amide bonds. The van der Waals surface area contributed by atoms with Crippen LogP contribution < -0.4 is 5.46 Å². The van der Waals surface area contributed by atoms with E-state index in [1.54, 1.807) is 0 Å². The molecule has 0 spiro atoms. The van der Waals surface area contributed by atoms with Crippen molar-refractivity contribution in [3.8, 4) is 0 Å². The molecule has 1 aromatic rings. The van der Waals surface area contributed by atoms with Crippen molar-refractivity contribution >= 4 is 24.3 Å². The molecule has 0 heterocycles. The molecular weight excluding hydrogens is 235 g/mol. The smallest absolute Gasteiger partial charge is 0.423 e. The molecule has 82 valence electrons. The molecule has 15 heavy (non-hydrogen) atoms. The van der Waals surface area contributed by atoms with Crippen molar-refractivity contribution in [1.82, 2.24) is 0 Å². The summed E-state index contributed by atoms with van der Waals surface area (Å²) in [6.45, 7) is 0. The van der Waals surface area contributed by atoms with Crippen LogP contribution in [0.2, 0.25) is 0 Å². The van der Waals surface area contributed by atoms with E-state index in [9.17, 15) is 17.6 Å². The van der Waals surface area contributed by atoms with Crippen molar-refractivity contribution in [1.29, 1.82) is 0 Å². The molecule has 0 aliphatic heterocycles. The highest BCUT2D eigenvalue weighted by Gasteiger charge is 2.32. The quantitative estimate of drug-likeness (QED) is 0.462. The van der Waals surface area contributed by atoms with Crippen LogP contribution in [0, 0.1) is 5.82 Å². The molecule has 0 saturated heterocycles. The highest BCUT2D eigenvalue weighted by molar-refractivity contribution is 8.00. The number of halogens is 4. The average Bonchev–Trinajstić information content (AvgIpc) is 1.99. The molecule has 0 fully saturated rings. The van der Waals surface area contributed by atoms with Crippen molar-refractivity contribution in [2.24, 2.45) is 0 Å². The highest BCUT2D eigenvalue weighted by Crippen LogP contribution is 2.36. The van der Waals surface area contributed by atoms with E-state index < -0.39 is 35.1 Å². The standard InChI is InChI=1S/C7H5BF4O2S/c9-4-1-2-5(8(13)14)6(3-4)15-7(10,11)12/h1-3,13-14H. The first-order valence-electron chi connectivity index (χ1n) is 3.71. The summed E-state index contributed by atoms with van der Waals surface area (Å²) in [5, 5.41) is 17.5. The second-order valence-corrected chi connectivity index (χ2v) is 3.71. The summed E-state index contributed by atoms with van der Waals surface area (Å²) in [5.74, 6) is -0.869. The molecule has 0 aliphatic carbocycles. The van der Waals surface area contributed by atoms with E-state index in [-0.39, 0.29) is 5.46 Å². The number of benzene rings is 1. The van der Waals surface area contributed by atoms with E-state index in [1.165, 1.54) is 0 Å². The molecule has 0 bridgehead atoms. The van der Waals surface area contributed by atoms with Gasteiger partial charge in [-0.25, -0.2) is 4.39 Å². The van der Waals surface area contributed by atoms with Crippen molar-refractivity contribution < 1.29 is 27.6 Å². The van der Waals surface area contributed by atoms with Gasteiger partial charge >= 0.3 is 12.6 Å². The van der Waals surface area contributed by atoms with Crippen molar-refractivity contribution in [2.75, 3.05) is 0 Å². The molecule has 0 unspecified atom stereocenters. The largest absolute Gasteiger partial charge is 0.489 e. The first kappa shape index (κ1) is 12.3. The predicted molar refractivity (Wildman–Crippen MR) is 48.1 cm³/mol. The summed E-state index contributed by atoms with van der Waals surface area (Å²) in [6.07, 6.45) is 0. The van der Waals surface area contributed by atoms with Crippen molar-refractivity contribution in [2.45, 2.75) is 10.4 Å². The van der Waals surface area contributed by atoms with E-state index >= 15 is 0 Å². The molecule has 0 aromatic heterocycles. The summed E-state index contributed by atoms with van der Waals surface area (Å²) in [7, 11) is -2.06. The first-order valence-corrected chi connectivity index (χ1v) is 4.52. The monoisotopic (exact) mass is 240 g/mol. The Hall–Kier alpha value is -0.725. The molecule has 0 atom stereocenters. The normalized spacial score (nSPS) is 11.6. The van der Waals surface area contributed by atoms with Crippen LogP contribution in [0.25, 0.3) is 0 Å². The molecule has 0 aliphatic rings. The minimum absolute atomic E-state index is 0.376. The lowest BCUT2D eigenvalue weighted by atomic mass is 9.80. The minimum atomic E-state index is -4.60. The van der Waals surface area contributed by atoms with Crippen molar-refractivity contribution in [3.05, 3.63) is 24.0 Å². The molecule has 1 aromatic carbocycles. The van der Waals surface area contributed by atoms with E-state index in [1.807, 2.05) is 0 Å². The number of hydrogen-bond donors (Lipinski definition) is 2. The Morgan fingerprint density at radius 1 is 1.20 bits per heavy atom. The maximum Gasteiger partial charge on any atom is 0.489 e. The van der Waals surface area contributed by atoms with Gasteiger partial charge in [-0.1, -0.05) is 6.07 Å². The third kappa shape index (κ3) is 3.73. The van der Waals surface area contributed by atoms with Crippen LogP contribution in [0.15, 0.2) is 23.1 Å². The third-order valence-corrected chi connectivity index (χ3v) is 2.28. The van der Waals surface area contributed by atoms with Crippen molar-refractivity contribution in [3.63, 3.8) is 0 Å². The maximum absolute atomic E-state index is 12.6. The fourth-order valence-corrected chi connectivity index (χ4v) is 1.65. The number of hydrogen-bond acceptors (Lipinski definition) is 3. The SMILES string of the molecule is OB(O)c1ccc(F)cc1SC(F)(F)F. The van der Waals surface area contributed by atoms with Gasteiger partial charge in [0, 0.05) is 4.90 Å². The zero-order chi connectivity index (χ0) is 11.6. The van der Waals surface area contributed by atoms with Gasteiger partial charge in [0.25, 0.3) is 0 Å². The summed E-state index contributed by atoms with van der Waals surface area (Å²) in [6, 6.07) is 2.36. The second kappa shape index (κ2) is 4.42. The van der Waals surface area contributed by atoms with Gasteiger partial charge in [0.2, 0.25) is 0 Å². The van der Waals surface area contributed by atoms with E-state index in [0.717, 1.165) is 12.1 Å². The zero-order valence-electron chi connectivity index (χ0n) is 7.12. The minimum Gasteiger partial charge on any atom is -0.423 e. The first-order chi connectivity index (χ1) is 6.79. The van der Waals surface area contributed by atoms with Gasteiger partial charge in [0.1, 0.15) is 5.82 Å². The second-order valence-electron chi connectivity index (χ2n) is 2.60. The summed E-state index contributed by atoms with van der Waals surface area (Å²) < 4.78 is 48.6. The summed E-state index contributed by atoms with van der Waals surface area (Å²) in [4.78, 5) is -0.558. The predicted octanol–water partition coefficient (Wildman–Crippen LogP) is 1.12. The van der Waals surface area contributed by atoms with Crippen LogP contribution in [0.4, 0.5) is 17.6 Å². The van der Waals surface area contributed by atoms with Gasteiger partial charge in [-0.15, -0.1) is 0 Å². The van der Waals surface area contributed by atoms with Gasteiger partial charge < -0.3 is 10.0 Å². The number of alkyl halides is 3. The van der Waals surface area contributed by atoms with Crippen LogP contribution in [0.1, 0.15) is 0 Å². The Labute approximate surface area is 87.1 Å². The maximum atomic E-state index is 12.6. The molecule has 1 rings (SSSR count). The summed E-state index contributed by atoms with van der Waals surface area (Å²) in [5.41, 5.74) is -4.98. The van der Waals surface area contributed by atoms with Crippen LogP contribution in [-0.4, -0.2) is 22.7 Å². The molecule has 8 heteroatoms. The Kier molecular flexibility index (Phi) is 3.64. The fourth-order valence-electron chi connectivity index (χ4n) is 0.935. The van der Waals surface area contributed by atoms with Crippen LogP contribution >= 0.6 is 11.8 Å². The van der Waals surface area contributed by atoms with E-state index in [2.05, 4.69) is 0 Å². The third-order valence-electron chi connectivity index (χ3n) is 1.48. The van der Waals surface area contributed by atoms with E-state index in [0.29, 0.717) is 6.07 Å². The Balaban J connectivity index is 3.08. The zero-order valence-corrected chi connectivity index (χ0v) is 7.94. The molecule has 2 N–H and O–H groups in total. The topological polar surface area (TPSA) is 40.5 Å². The fraction of sp³-hybridized carbons (Fsp3) is 0.143. The van der Waals surface area contributed by atoms with Gasteiger partial charge in [0.05, 0.1) is 0 Å². The van der Waals surface area contributed by atoms with Gasteiger partial charge in [-0.05, 0) is 29.4 Å². The number of rotatable bonds is 2. The van der Waals surface area contributed by atoms with Crippen LogP contribution in [0.5, 0.6) is 0 Å². The molecule has 2 nitrogen and oxygen atoms in total. The lowest BCUT2D eigenvalue weighted by Gasteiger charge is -2.10. The van der Waals surface area contributed by atoms with Gasteiger partial charge in [-0.3, -0.25) is 0 Å². The molecular formula is C7H5BF4O2S. The lowest BCUT2D eigenvalue weighted by Crippen LogP contribution is -2.32. The van der Waals surface area contributed by atoms with Gasteiger partial charge in [-0.2, -0.15) is 13.2 Å². The van der Waals surface area contributed by atoms with E-state index in [4.69, 9.17) is 10.0 Å². The molecule has 0 saturated carbocycles. The lowest BCUT2D eigenvalue weighted by molar-refractivity contribution is -0.0327.